The number of pyridine rings is 1. The molecule has 0 amide bonds. The monoisotopic (exact) mass is 269 g/mol. The minimum absolute atomic E-state index is 0.237. The van der Waals surface area contributed by atoms with Crippen LogP contribution in [-0.2, 0) is 0 Å². The SMILES string of the molecule is NNC(c1ccnc(Cl)c1)c1ccc(F)cc1F. The Bertz CT molecular complexity index is 563. The molecule has 6 heteroatoms. The summed E-state index contributed by atoms with van der Waals surface area (Å²) in [6.07, 6.45) is 1.49. The third kappa shape index (κ3) is 2.64. The standard InChI is InChI=1S/C12H10ClF2N3/c13-11-5-7(3-4-17-11)12(18-16)9-2-1-8(14)6-10(9)15/h1-6,12,18H,16H2. The van der Waals surface area contributed by atoms with E-state index in [0.29, 0.717) is 5.56 Å². The number of benzene rings is 1. The highest BCUT2D eigenvalue weighted by molar-refractivity contribution is 6.29. The van der Waals surface area contributed by atoms with Crippen molar-refractivity contribution >= 4 is 11.6 Å². The first-order chi connectivity index (χ1) is 8.61. The van der Waals surface area contributed by atoms with Crippen molar-refractivity contribution in [2.24, 2.45) is 5.84 Å². The molecule has 0 aliphatic heterocycles. The number of hydrogen-bond acceptors (Lipinski definition) is 3. The van der Waals surface area contributed by atoms with Gasteiger partial charge in [0.25, 0.3) is 0 Å². The lowest BCUT2D eigenvalue weighted by Gasteiger charge is -2.17. The van der Waals surface area contributed by atoms with Crippen molar-refractivity contribution in [1.82, 2.24) is 10.4 Å². The second-order valence-electron chi connectivity index (χ2n) is 3.68. The van der Waals surface area contributed by atoms with Crippen LogP contribution in [-0.4, -0.2) is 4.98 Å². The largest absolute Gasteiger partial charge is 0.271 e. The Labute approximate surface area is 108 Å². The van der Waals surface area contributed by atoms with Gasteiger partial charge in [0.15, 0.2) is 0 Å². The molecule has 1 aromatic carbocycles. The van der Waals surface area contributed by atoms with E-state index in [-0.39, 0.29) is 10.7 Å². The highest BCUT2D eigenvalue weighted by atomic mass is 35.5. The molecule has 18 heavy (non-hydrogen) atoms. The van der Waals surface area contributed by atoms with Crippen LogP contribution >= 0.6 is 11.6 Å². The van der Waals surface area contributed by atoms with E-state index < -0.39 is 17.7 Å². The zero-order valence-corrected chi connectivity index (χ0v) is 9.96. The number of nitrogens with two attached hydrogens (primary N) is 1. The Hall–Kier alpha value is -1.56. The van der Waals surface area contributed by atoms with Gasteiger partial charge in [0, 0.05) is 17.8 Å². The molecule has 1 atom stereocenters. The van der Waals surface area contributed by atoms with E-state index in [0.717, 1.165) is 6.07 Å². The predicted octanol–water partition coefficient (Wildman–Crippen LogP) is 2.57. The molecule has 0 bridgehead atoms. The van der Waals surface area contributed by atoms with E-state index in [4.69, 9.17) is 17.4 Å². The Morgan fingerprint density at radius 1 is 1.22 bits per heavy atom. The summed E-state index contributed by atoms with van der Waals surface area (Å²) in [6.45, 7) is 0. The quantitative estimate of drug-likeness (QED) is 0.511. The lowest BCUT2D eigenvalue weighted by Crippen LogP contribution is -2.29. The molecule has 3 N–H and O–H groups in total. The summed E-state index contributed by atoms with van der Waals surface area (Å²) in [5, 5.41) is 0.273. The molecule has 3 nitrogen and oxygen atoms in total. The fourth-order valence-corrected chi connectivity index (χ4v) is 1.88. The van der Waals surface area contributed by atoms with Crippen molar-refractivity contribution in [1.29, 1.82) is 0 Å². The molecule has 0 saturated heterocycles. The Kier molecular flexibility index (Phi) is 3.86. The zero-order chi connectivity index (χ0) is 13.1. The maximum Gasteiger partial charge on any atom is 0.131 e. The maximum atomic E-state index is 13.7. The van der Waals surface area contributed by atoms with Crippen LogP contribution in [0.1, 0.15) is 17.2 Å². The first-order valence-electron chi connectivity index (χ1n) is 5.14. The second-order valence-corrected chi connectivity index (χ2v) is 4.06. The fourth-order valence-electron chi connectivity index (χ4n) is 1.70. The first-order valence-corrected chi connectivity index (χ1v) is 5.52. The van der Waals surface area contributed by atoms with Gasteiger partial charge in [-0.15, -0.1) is 0 Å². The summed E-state index contributed by atoms with van der Waals surface area (Å²) < 4.78 is 26.5. The van der Waals surface area contributed by atoms with Crippen molar-refractivity contribution in [2.45, 2.75) is 6.04 Å². The maximum absolute atomic E-state index is 13.7. The van der Waals surface area contributed by atoms with Crippen molar-refractivity contribution in [2.75, 3.05) is 0 Å². The third-order valence-electron chi connectivity index (χ3n) is 2.52. The molecule has 1 aromatic heterocycles. The van der Waals surface area contributed by atoms with Crippen LogP contribution in [0, 0.1) is 11.6 Å². The van der Waals surface area contributed by atoms with Gasteiger partial charge >= 0.3 is 0 Å². The molecule has 0 spiro atoms. The van der Waals surface area contributed by atoms with E-state index >= 15 is 0 Å². The van der Waals surface area contributed by atoms with Gasteiger partial charge in [0.1, 0.15) is 16.8 Å². The van der Waals surface area contributed by atoms with Crippen LogP contribution in [0.5, 0.6) is 0 Å². The van der Waals surface area contributed by atoms with Gasteiger partial charge in [-0.25, -0.2) is 19.2 Å². The summed E-state index contributed by atoms with van der Waals surface area (Å²) in [7, 11) is 0. The fraction of sp³-hybridized carbons (Fsp3) is 0.0833. The number of hydrogen-bond donors (Lipinski definition) is 2. The van der Waals surface area contributed by atoms with Crippen molar-refractivity contribution in [3.05, 3.63) is 64.4 Å². The lowest BCUT2D eigenvalue weighted by molar-refractivity contribution is 0.541. The van der Waals surface area contributed by atoms with Gasteiger partial charge < -0.3 is 0 Å². The summed E-state index contributed by atoms with van der Waals surface area (Å²) >= 11 is 5.76. The van der Waals surface area contributed by atoms with Crippen molar-refractivity contribution in [3.63, 3.8) is 0 Å². The van der Waals surface area contributed by atoms with Crippen LogP contribution in [0.15, 0.2) is 36.5 Å². The Morgan fingerprint density at radius 2 is 2.00 bits per heavy atom. The average molecular weight is 270 g/mol. The summed E-state index contributed by atoms with van der Waals surface area (Å²) in [5.41, 5.74) is 3.35. The molecule has 0 aliphatic carbocycles. The number of hydrazine groups is 1. The van der Waals surface area contributed by atoms with Crippen molar-refractivity contribution < 1.29 is 8.78 Å². The van der Waals surface area contributed by atoms with Gasteiger partial charge in [-0.1, -0.05) is 17.7 Å². The topological polar surface area (TPSA) is 50.9 Å². The third-order valence-corrected chi connectivity index (χ3v) is 2.73. The normalized spacial score (nSPS) is 12.4. The van der Waals surface area contributed by atoms with E-state index in [2.05, 4.69) is 10.4 Å². The van der Waals surface area contributed by atoms with E-state index in [9.17, 15) is 8.78 Å². The van der Waals surface area contributed by atoms with E-state index in [1.165, 1.54) is 18.3 Å². The van der Waals surface area contributed by atoms with E-state index in [1.54, 1.807) is 12.1 Å². The molecular formula is C12H10ClF2N3. The average Bonchev–Trinajstić information content (AvgIpc) is 2.33. The van der Waals surface area contributed by atoms with Crippen LogP contribution in [0.3, 0.4) is 0 Å². The number of nitrogens with zero attached hydrogens (tertiary/aromatic N) is 1. The van der Waals surface area contributed by atoms with Crippen LogP contribution in [0.25, 0.3) is 0 Å². The number of rotatable bonds is 3. The Morgan fingerprint density at radius 3 is 2.61 bits per heavy atom. The molecule has 0 saturated carbocycles. The van der Waals surface area contributed by atoms with Crippen LogP contribution < -0.4 is 11.3 Å². The van der Waals surface area contributed by atoms with Gasteiger partial charge in [0.2, 0.25) is 0 Å². The van der Waals surface area contributed by atoms with Gasteiger partial charge in [0.05, 0.1) is 6.04 Å². The Balaban J connectivity index is 2.45. The van der Waals surface area contributed by atoms with Gasteiger partial charge in [-0.05, 0) is 23.8 Å². The smallest absolute Gasteiger partial charge is 0.131 e. The molecular weight excluding hydrogens is 260 g/mol. The van der Waals surface area contributed by atoms with Gasteiger partial charge in [-0.2, -0.15) is 0 Å². The molecule has 1 unspecified atom stereocenters. The first kappa shape index (κ1) is 12.9. The molecule has 2 aromatic rings. The summed E-state index contributed by atoms with van der Waals surface area (Å²) in [4.78, 5) is 3.83. The highest BCUT2D eigenvalue weighted by Crippen LogP contribution is 2.25. The number of aromatic nitrogens is 1. The summed E-state index contributed by atoms with van der Waals surface area (Å²) in [5.74, 6) is 4.11. The molecule has 0 aliphatic rings. The van der Waals surface area contributed by atoms with E-state index in [1.807, 2.05) is 0 Å². The molecule has 2 rings (SSSR count). The minimum atomic E-state index is -0.675. The van der Waals surface area contributed by atoms with Crippen LogP contribution in [0.4, 0.5) is 8.78 Å². The second kappa shape index (κ2) is 5.39. The molecule has 94 valence electrons. The van der Waals surface area contributed by atoms with Crippen LogP contribution in [0.2, 0.25) is 5.15 Å². The molecule has 1 heterocycles. The van der Waals surface area contributed by atoms with Gasteiger partial charge in [-0.3, -0.25) is 5.84 Å². The molecule has 0 radical (unpaired) electrons. The minimum Gasteiger partial charge on any atom is -0.271 e. The highest BCUT2D eigenvalue weighted by Gasteiger charge is 2.17. The number of halogens is 3. The zero-order valence-electron chi connectivity index (χ0n) is 9.20. The summed E-state index contributed by atoms with van der Waals surface area (Å²) in [6, 6.07) is 5.91. The molecule has 0 fully saturated rings. The van der Waals surface area contributed by atoms with Crippen molar-refractivity contribution in [3.8, 4) is 0 Å². The lowest BCUT2D eigenvalue weighted by atomic mass is 10.00. The number of nitrogens with one attached hydrogen (secondary N) is 1. The predicted molar refractivity (Wildman–Crippen MR) is 64.8 cm³/mol.